The highest BCUT2D eigenvalue weighted by Gasteiger charge is 2.19. The lowest BCUT2D eigenvalue weighted by atomic mass is 10.1. The first-order valence-electron chi connectivity index (χ1n) is 9.84. The van der Waals surface area contributed by atoms with E-state index in [0.717, 1.165) is 29.7 Å². The van der Waals surface area contributed by atoms with Gasteiger partial charge < -0.3 is 25.8 Å². The van der Waals surface area contributed by atoms with Crippen molar-refractivity contribution in [3.05, 3.63) is 65.7 Å². The first-order valence-corrected chi connectivity index (χ1v) is 9.84. The quantitative estimate of drug-likeness (QED) is 0.488. The molecule has 0 saturated carbocycles. The molecule has 4 N–H and O–H groups in total. The van der Waals surface area contributed by atoms with Gasteiger partial charge in [0.05, 0.1) is 12.6 Å². The van der Waals surface area contributed by atoms with E-state index < -0.39 is 6.09 Å². The molecule has 1 amide bonds. The van der Waals surface area contributed by atoms with Gasteiger partial charge in [-0.05, 0) is 18.1 Å². The lowest BCUT2D eigenvalue weighted by molar-refractivity contribution is 0.135. The Hall–Kier alpha value is -2.57. The van der Waals surface area contributed by atoms with Crippen LogP contribution in [0.25, 0.3) is 0 Å². The second-order valence-electron chi connectivity index (χ2n) is 6.49. The minimum Gasteiger partial charge on any atom is -0.493 e. The van der Waals surface area contributed by atoms with Crippen molar-refractivity contribution in [1.82, 2.24) is 10.6 Å². The summed E-state index contributed by atoms with van der Waals surface area (Å²) in [6, 6.07) is 17.1. The molecule has 0 radical (unpaired) electrons. The van der Waals surface area contributed by atoms with Crippen molar-refractivity contribution >= 4 is 6.09 Å². The second-order valence-corrected chi connectivity index (χ2v) is 6.49. The fourth-order valence-corrected chi connectivity index (χ4v) is 2.72. The van der Waals surface area contributed by atoms with Gasteiger partial charge in [0.25, 0.3) is 0 Å². The van der Waals surface area contributed by atoms with Crippen molar-refractivity contribution in [1.29, 1.82) is 0 Å². The summed E-state index contributed by atoms with van der Waals surface area (Å²) >= 11 is 0. The van der Waals surface area contributed by atoms with E-state index in [1.54, 1.807) is 0 Å². The number of benzene rings is 2. The number of carbonyl (C=O) groups excluding carboxylic acids is 1. The number of hydrogen-bond acceptors (Lipinski definition) is 5. The van der Waals surface area contributed by atoms with E-state index in [1.807, 2.05) is 54.6 Å². The number of para-hydroxylation sites is 1. The zero-order chi connectivity index (χ0) is 20.0. The van der Waals surface area contributed by atoms with Gasteiger partial charge in [-0.2, -0.15) is 0 Å². The van der Waals surface area contributed by atoms with E-state index in [9.17, 15) is 4.79 Å². The molecule has 6 nitrogen and oxygen atoms in total. The number of unbranched alkanes of at least 4 members (excludes halogenated alkanes) is 1. The number of ether oxygens (including phenoxy) is 2. The number of alkyl carbamates (subject to hydrolysis) is 1. The van der Waals surface area contributed by atoms with E-state index in [4.69, 9.17) is 15.2 Å². The third-order valence-corrected chi connectivity index (χ3v) is 4.22. The van der Waals surface area contributed by atoms with E-state index in [1.165, 1.54) is 0 Å². The minimum atomic E-state index is -0.466. The molecule has 0 spiro atoms. The third-order valence-electron chi connectivity index (χ3n) is 4.22. The van der Waals surface area contributed by atoms with Crippen molar-refractivity contribution in [3.63, 3.8) is 0 Å². The summed E-state index contributed by atoms with van der Waals surface area (Å²) in [5, 5.41) is 6.21. The maximum absolute atomic E-state index is 12.4. The third kappa shape index (κ3) is 7.58. The minimum absolute atomic E-state index is 0.226. The van der Waals surface area contributed by atoms with Gasteiger partial charge in [0.15, 0.2) is 0 Å². The Kier molecular flexibility index (Phi) is 9.89. The predicted octanol–water partition coefficient (Wildman–Crippen LogP) is 3.38. The van der Waals surface area contributed by atoms with Crippen molar-refractivity contribution < 1.29 is 14.3 Å². The molecular weight excluding hydrogens is 354 g/mol. The molecule has 0 aliphatic carbocycles. The number of rotatable bonds is 12. The summed E-state index contributed by atoms with van der Waals surface area (Å²) in [5.41, 5.74) is 7.44. The van der Waals surface area contributed by atoms with E-state index >= 15 is 0 Å². The smallest absolute Gasteiger partial charge is 0.407 e. The average molecular weight is 386 g/mol. The summed E-state index contributed by atoms with van der Waals surface area (Å²) in [5.74, 6) is 0.777. The average Bonchev–Trinajstić information content (AvgIpc) is 2.73. The maximum Gasteiger partial charge on any atom is 0.407 e. The SMILES string of the molecule is CCCCOc1ccccc1C(CNCCN)NC(=O)OCc1ccccc1. The second kappa shape index (κ2) is 12.8. The van der Waals surface area contributed by atoms with Crippen LogP contribution in [-0.4, -0.2) is 32.3 Å². The lowest BCUT2D eigenvalue weighted by Crippen LogP contribution is -2.37. The van der Waals surface area contributed by atoms with Gasteiger partial charge in [-0.15, -0.1) is 0 Å². The number of amides is 1. The molecule has 0 aromatic heterocycles. The molecule has 0 aliphatic heterocycles. The molecule has 0 heterocycles. The van der Waals surface area contributed by atoms with Crippen molar-refractivity contribution in [2.75, 3.05) is 26.2 Å². The van der Waals surface area contributed by atoms with E-state index in [-0.39, 0.29) is 12.6 Å². The van der Waals surface area contributed by atoms with Crippen LogP contribution in [0.2, 0.25) is 0 Å². The zero-order valence-corrected chi connectivity index (χ0v) is 16.5. The van der Waals surface area contributed by atoms with Gasteiger partial charge in [0, 0.05) is 25.2 Å². The fourth-order valence-electron chi connectivity index (χ4n) is 2.72. The van der Waals surface area contributed by atoms with Crippen LogP contribution in [0.4, 0.5) is 4.79 Å². The van der Waals surface area contributed by atoms with Crippen LogP contribution in [0.5, 0.6) is 5.75 Å². The van der Waals surface area contributed by atoms with Crippen molar-refractivity contribution in [3.8, 4) is 5.75 Å². The lowest BCUT2D eigenvalue weighted by Gasteiger charge is -2.22. The Morgan fingerprint density at radius 2 is 1.86 bits per heavy atom. The zero-order valence-electron chi connectivity index (χ0n) is 16.5. The Balaban J connectivity index is 2.03. The van der Waals surface area contributed by atoms with Gasteiger partial charge in [0.1, 0.15) is 12.4 Å². The molecular formula is C22H31N3O3. The number of carbonyl (C=O) groups is 1. The molecule has 0 bridgehead atoms. The highest BCUT2D eigenvalue weighted by atomic mass is 16.5. The first-order chi connectivity index (χ1) is 13.7. The Bertz CT molecular complexity index is 694. The van der Waals surface area contributed by atoms with Crippen LogP contribution in [0.3, 0.4) is 0 Å². The van der Waals surface area contributed by atoms with Gasteiger partial charge in [-0.25, -0.2) is 4.79 Å². The fraction of sp³-hybridized carbons (Fsp3) is 0.409. The van der Waals surface area contributed by atoms with Gasteiger partial charge in [-0.1, -0.05) is 61.9 Å². The number of nitrogens with one attached hydrogen (secondary N) is 2. The van der Waals surface area contributed by atoms with Gasteiger partial charge >= 0.3 is 6.09 Å². The maximum atomic E-state index is 12.4. The molecule has 1 atom stereocenters. The van der Waals surface area contributed by atoms with Crippen LogP contribution in [0.15, 0.2) is 54.6 Å². The molecule has 152 valence electrons. The Labute approximate surface area is 167 Å². The predicted molar refractivity (Wildman–Crippen MR) is 111 cm³/mol. The molecule has 1 unspecified atom stereocenters. The molecule has 0 aliphatic rings. The topological polar surface area (TPSA) is 85.6 Å². The summed E-state index contributed by atoms with van der Waals surface area (Å²) in [4.78, 5) is 12.4. The summed E-state index contributed by atoms with van der Waals surface area (Å²) in [6.45, 7) is 4.72. The van der Waals surface area contributed by atoms with Crippen molar-refractivity contribution in [2.45, 2.75) is 32.4 Å². The highest BCUT2D eigenvalue weighted by Crippen LogP contribution is 2.25. The monoisotopic (exact) mass is 385 g/mol. The largest absolute Gasteiger partial charge is 0.493 e. The van der Waals surface area contributed by atoms with E-state index in [0.29, 0.717) is 26.2 Å². The molecule has 2 aromatic carbocycles. The summed E-state index contributed by atoms with van der Waals surface area (Å²) in [6.07, 6.45) is 1.58. The van der Waals surface area contributed by atoms with Crippen LogP contribution in [0, 0.1) is 0 Å². The molecule has 2 aromatic rings. The first kappa shape index (κ1) is 21.7. The normalized spacial score (nSPS) is 11.6. The highest BCUT2D eigenvalue weighted by molar-refractivity contribution is 5.68. The number of hydrogen-bond donors (Lipinski definition) is 3. The summed E-state index contributed by atoms with van der Waals surface area (Å²) in [7, 11) is 0. The standard InChI is InChI=1S/C22H31N3O3/c1-2-3-15-27-21-12-8-7-11-19(21)20(16-24-14-13-23)25-22(26)28-17-18-9-5-4-6-10-18/h4-12,20,24H,2-3,13-17,23H2,1H3,(H,25,26). The summed E-state index contributed by atoms with van der Waals surface area (Å²) < 4.78 is 11.3. The van der Waals surface area contributed by atoms with Crippen LogP contribution in [0.1, 0.15) is 36.9 Å². The molecule has 0 saturated heterocycles. The van der Waals surface area contributed by atoms with Crippen molar-refractivity contribution in [2.24, 2.45) is 5.73 Å². The van der Waals surface area contributed by atoms with Crippen LogP contribution < -0.4 is 21.1 Å². The molecule has 0 fully saturated rings. The van der Waals surface area contributed by atoms with Gasteiger partial charge in [-0.3, -0.25) is 0 Å². The number of nitrogens with two attached hydrogens (primary N) is 1. The Morgan fingerprint density at radius 1 is 1.11 bits per heavy atom. The Morgan fingerprint density at radius 3 is 2.61 bits per heavy atom. The van der Waals surface area contributed by atoms with E-state index in [2.05, 4.69) is 17.6 Å². The molecule has 28 heavy (non-hydrogen) atoms. The van der Waals surface area contributed by atoms with Crippen LogP contribution >= 0.6 is 0 Å². The molecule has 2 rings (SSSR count). The van der Waals surface area contributed by atoms with Crippen LogP contribution in [-0.2, 0) is 11.3 Å². The molecule has 6 heteroatoms. The van der Waals surface area contributed by atoms with Gasteiger partial charge in [0.2, 0.25) is 0 Å².